The van der Waals surface area contributed by atoms with Crippen molar-refractivity contribution in [2.24, 2.45) is 0 Å². The van der Waals surface area contributed by atoms with Gasteiger partial charge in [-0.1, -0.05) is 6.08 Å². The second-order valence-electron chi connectivity index (χ2n) is 1.22. The van der Waals surface area contributed by atoms with Crippen molar-refractivity contribution in [2.75, 3.05) is 6.54 Å². The molecule has 0 fully saturated rings. The summed E-state index contributed by atoms with van der Waals surface area (Å²) in [5.41, 5.74) is 0. The molecule has 0 aliphatic carbocycles. The summed E-state index contributed by atoms with van der Waals surface area (Å²) in [4.78, 5) is 9.54. The number of rotatable bonds is 4. The molecule has 0 heterocycles. The molecule has 0 saturated carbocycles. The lowest BCUT2D eigenvalue weighted by molar-refractivity contribution is -0.109. The van der Waals surface area contributed by atoms with E-state index in [9.17, 15) is 9.18 Å². The highest BCUT2D eigenvalue weighted by molar-refractivity contribution is 5.45. The molecule has 3 heteroatoms. The summed E-state index contributed by atoms with van der Waals surface area (Å²) in [5.74, 6) is 0. The van der Waals surface area contributed by atoms with E-state index in [0.29, 0.717) is 25.7 Å². The maximum absolute atomic E-state index is 11.1. The van der Waals surface area contributed by atoms with Gasteiger partial charge in [-0.05, 0) is 6.42 Å². The summed E-state index contributed by atoms with van der Waals surface area (Å²) in [7, 11) is 0. The van der Waals surface area contributed by atoms with Gasteiger partial charge in [0.05, 0.1) is 6.33 Å². The second kappa shape index (κ2) is 6.14. The highest BCUT2D eigenvalue weighted by atomic mass is 19.1. The third kappa shape index (κ3) is 5.14. The molecule has 0 radical (unpaired) electrons. The van der Waals surface area contributed by atoms with Crippen molar-refractivity contribution in [3.05, 3.63) is 12.4 Å². The van der Waals surface area contributed by atoms with Crippen LogP contribution < -0.4 is 5.32 Å². The van der Waals surface area contributed by atoms with Gasteiger partial charge in [0.1, 0.15) is 0 Å². The van der Waals surface area contributed by atoms with E-state index in [1.54, 1.807) is 0 Å². The fourth-order valence-corrected chi connectivity index (χ4v) is 0.289. The standard InChI is InChI=1S/C5H8FNO/c6-3-1-2-4-7-5-8/h1,3,5H,2,4H2,(H,7,8). The lowest BCUT2D eigenvalue weighted by atomic mass is 10.4. The third-order valence-corrected chi connectivity index (χ3v) is 0.628. The normalized spacial score (nSPS) is 9.62. The van der Waals surface area contributed by atoms with Crippen LogP contribution in [0.25, 0.3) is 0 Å². The van der Waals surface area contributed by atoms with Crippen LogP contribution in [0, 0.1) is 0 Å². The van der Waals surface area contributed by atoms with E-state index in [1.165, 1.54) is 6.08 Å². The first-order chi connectivity index (χ1) is 3.91. The van der Waals surface area contributed by atoms with Gasteiger partial charge in [-0.3, -0.25) is 4.79 Å². The van der Waals surface area contributed by atoms with Crippen LogP contribution in [0.15, 0.2) is 12.4 Å². The van der Waals surface area contributed by atoms with Crippen LogP contribution in [-0.4, -0.2) is 13.0 Å². The number of nitrogens with one attached hydrogen (secondary N) is 1. The number of hydrogen-bond donors (Lipinski definition) is 1. The van der Waals surface area contributed by atoms with Gasteiger partial charge < -0.3 is 5.32 Å². The van der Waals surface area contributed by atoms with Gasteiger partial charge in [0.25, 0.3) is 0 Å². The molecule has 0 saturated heterocycles. The smallest absolute Gasteiger partial charge is 0.207 e. The van der Waals surface area contributed by atoms with Crippen molar-refractivity contribution in [1.82, 2.24) is 5.32 Å². The molecule has 0 aliphatic heterocycles. The van der Waals surface area contributed by atoms with Crippen molar-refractivity contribution in [1.29, 1.82) is 0 Å². The van der Waals surface area contributed by atoms with Crippen molar-refractivity contribution in [2.45, 2.75) is 6.42 Å². The average molecular weight is 117 g/mol. The number of amides is 1. The predicted octanol–water partition coefficient (Wildman–Crippen LogP) is 0.606. The van der Waals surface area contributed by atoms with Gasteiger partial charge >= 0.3 is 0 Å². The molecule has 1 amide bonds. The lowest BCUT2D eigenvalue weighted by Crippen LogP contribution is -2.10. The summed E-state index contributed by atoms with van der Waals surface area (Å²) in [5, 5.41) is 2.38. The van der Waals surface area contributed by atoms with Crippen LogP contribution >= 0.6 is 0 Å². The highest BCUT2D eigenvalue weighted by Crippen LogP contribution is 1.78. The minimum Gasteiger partial charge on any atom is -0.358 e. The first-order valence-electron chi connectivity index (χ1n) is 2.34. The van der Waals surface area contributed by atoms with Crippen LogP contribution in [0.5, 0.6) is 0 Å². The Kier molecular flexibility index (Phi) is 5.48. The van der Waals surface area contributed by atoms with Crippen LogP contribution in [0.3, 0.4) is 0 Å². The molecule has 0 aromatic carbocycles. The summed E-state index contributed by atoms with van der Waals surface area (Å²) in [6.45, 7) is 0.504. The highest BCUT2D eigenvalue weighted by Gasteiger charge is 1.75. The van der Waals surface area contributed by atoms with E-state index in [4.69, 9.17) is 0 Å². The second-order valence-corrected chi connectivity index (χ2v) is 1.22. The SMILES string of the molecule is O=CNCCC=CF. The van der Waals surface area contributed by atoms with Crippen LogP contribution in [0.1, 0.15) is 6.42 Å². The zero-order chi connectivity index (χ0) is 6.24. The number of carbonyl (C=O) groups excluding carboxylic acids is 1. The molecule has 0 bridgehead atoms. The van der Waals surface area contributed by atoms with E-state index in [1.807, 2.05) is 0 Å². The van der Waals surface area contributed by atoms with Crippen molar-refractivity contribution >= 4 is 6.41 Å². The predicted molar refractivity (Wildman–Crippen MR) is 28.9 cm³/mol. The molecule has 8 heavy (non-hydrogen) atoms. The Balaban J connectivity index is 2.82. The van der Waals surface area contributed by atoms with Crippen molar-refractivity contribution in [3.63, 3.8) is 0 Å². The monoisotopic (exact) mass is 117 g/mol. The molecule has 0 atom stereocenters. The van der Waals surface area contributed by atoms with Crippen molar-refractivity contribution < 1.29 is 9.18 Å². The molecule has 0 unspecified atom stereocenters. The van der Waals surface area contributed by atoms with E-state index in [-0.39, 0.29) is 0 Å². The summed E-state index contributed by atoms with van der Waals surface area (Å²) in [6.07, 6.45) is 2.95. The third-order valence-electron chi connectivity index (χ3n) is 0.628. The number of hydrogen-bond acceptors (Lipinski definition) is 1. The van der Waals surface area contributed by atoms with Gasteiger partial charge in [0.15, 0.2) is 0 Å². The Morgan fingerprint density at radius 3 is 2.88 bits per heavy atom. The fourth-order valence-electron chi connectivity index (χ4n) is 0.289. The molecule has 46 valence electrons. The van der Waals surface area contributed by atoms with E-state index >= 15 is 0 Å². The van der Waals surface area contributed by atoms with Crippen LogP contribution in [0.2, 0.25) is 0 Å². The van der Waals surface area contributed by atoms with Crippen LogP contribution in [-0.2, 0) is 4.79 Å². The molecule has 2 nitrogen and oxygen atoms in total. The Bertz CT molecular complexity index is 82.5. The maximum Gasteiger partial charge on any atom is 0.207 e. The Morgan fingerprint density at radius 1 is 1.62 bits per heavy atom. The first-order valence-corrected chi connectivity index (χ1v) is 2.34. The van der Waals surface area contributed by atoms with Gasteiger partial charge in [-0.2, -0.15) is 0 Å². The maximum atomic E-state index is 11.1. The Morgan fingerprint density at radius 2 is 2.38 bits per heavy atom. The van der Waals surface area contributed by atoms with Gasteiger partial charge in [0.2, 0.25) is 6.41 Å². The summed E-state index contributed by atoms with van der Waals surface area (Å²) < 4.78 is 11.1. The minimum absolute atomic E-state index is 0.465. The van der Waals surface area contributed by atoms with E-state index < -0.39 is 0 Å². The molecule has 0 aliphatic rings. The van der Waals surface area contributed by atoms with E-state index in [0.717, 1.165) is 0 Å². The number of carbonyl (C=O) groups is 1. The summed E-state index contributed by atoms with van der Waals surface area (Å²) in [6, 6.07) is 0. The topological polar surface area (TPSA) is 29.1 Å². The zero-order valence-corrected chi connectivity index (χ0v) is 4.43. The molecule has 0 rings (SSSR count). The average Bonchev–Trinajstić information content (AvgIpc) is 1.81. The van der Waals surface area contributed by atoms with Gasteiger partial charge in [-0.25, -0.2) is 4.39 Å². The minimum atomic E-state index is 0.465. The zero-order valence-electron chi connectivity index (χ0n) is 4.43. The summed E-state index contributed by atoms with van der Waals surface area (Å²) >= 11 is 0. The molecule has 0 aromatic heterocycles. The fraction of sp³-hybridized carbons (Fsp3) is 0.400. The molecule has 0 aromatic rings. The molecule has 0 spiro atoms. The lowest BCUT2D eigenvalue weighted by Gasteiger charge is -1.88. The first kappa shape index (κ1) is 7.14. The van der Waals surface area contributed by atoms with Gasteiger partial charge in [0, 0.05) is 6.54 Å². The molecular weight excluding hydrogens is 109 g/mol. The quantitative estimate of drug-likeness (QED) is 0.424. The Labute approximate surface area is 47.4 Å². The van der Waals surface area contributed by atoms with Gasteiger partial charge in [-0.15, -0.1) is 0 Å². The van der Waals surface area contributed by atoms with Crippen molar-refractivity contribution in [3.8, 4) is 0 Å². The molecule has 1 N–H and O–H groups in total. The number of halogens is 1. The largest absolute Gasteiger partial charge is 0.358 e. The van der Waals surface area contributed by atoms with Crippen LogP contribution in [0.4, 0.5) is 4.39 Å². The Hall–Kier alpha value is -0.860. The molecular formula is C5H8FNO. The van der Waals surface area contributed by atoms with E-state index in [2.05, 4.69) is 5.32 Å².